The molecule has 0 spiro atoms. The molecule has 0 radical (unpaired) electrons. The summed E-state index contributed by atoms with van der Waals surface area (Å²) in [6, 6.07) is 15.5. The molecule has 2 heterocycles. The third-order valence-corrected chi connectivity index (χ3v) is 4.83. The molecule has 5 nitrogen and oxygen atoms in total. The molecule has 132 valence electrons. The lowest BCUT2D eigenvalue weighted by Gasteiger charge is -2.40. The first-order valence-electron chi connectivity index (χ1n) is 8.70. The van der Waals surface area contributed by atoms with Gasteiger partial charge in [0, 0.05) is 5.39 Å². The van der Waals surface area contributed by atoms with E-state index < -0.39 is 5.91 Å². The molecule has 1 amide bonds. The van der Waals surface area contributed by atoms with Crippen molar-refractivity contribution >= 4 is 22.6 Å². The van der Waals surface area contributed by atoms with Gasteiger partial charge in [-0.2, -0.15) is 0 Å². The van der Waals surface area contributed by atoms with E-state index in [1.165, 1.54) is 0 Å². The Morgan fingerprint density at radius 2 is 1.81 bits per heavy atom. The van der Waals surface area contributed by atoms with Crippen LogP contribution in [-0.4, -0.2) is 30.1 Å². The minimum absolute atomic E-state index is 0.111. The summed E-state index contributed by atoms with van der Waals surface area (Å²) < 4.78 is 6.17. The van der Waals surface area contributed by atoms with Crippen LogP contribution in [0.25, 0.3) is 10.9 Å². The van der Waals surface area contributed by atoms with E-state index in [4.69, 9.17) is 10.5 Å². The van der Waals surface area contributed by atoms with Gasteiger partial charge in [0.05, 0.1) is 24.2 Å². The summed E-state index contributed by atoms with van der Waals surface area (Å²) in [5, 5.41) is 0.785. The lowest BCUT2D eigenvalue weighted by Crippen LogP contribution is -2.54. The van der Waals surface area contributed by atoms with Crippen molar-refractivity contribution in [3.05, 3.63) is 65.2 Å². The number of pyridine rings is 1. The molecule has 5 heteroatoms. The summed E-state index contributed by atoms with van der Waals surface area (Å²) in [6.45, 7) is 5.58. The first-order chi connectivity index (χ1) is 12.5. The number of fused-ring (bicyclic) bond motifs is 1. The van der Waals surface area contributed by atoms with Crippen LogP contribution >= 0.6 is 0 Å². The van der Waals surface area contributed by atoms with Crippen molar-refractivity contribution in [3.8, 4) is 5.75 Å². The molecule has 1 fully saturated rings. The summed E-state index contributed by atoms with van der Waals surface area (Å²) >= 11 is 0. The molecule has 1 aromatic heterocycles. The minimum atomic E-state index is -0.436. The number of carbonyl (C=O) groups excluding carboxylic acids is 1. The molecule has 0 bridgehead atoms. The largest absolute Gasteiger partial charge is 0.486 e. The fourth-order valence-corrected chi connectivity index (χ4v) is 3.38. The van der Waals surface area contributed by atoms with E-state index in [1.807, 2.05) is 30.3 Å². The van der Waals surface area contributed by atoms with E-state index in [-0.39, 0.29) is 6.10 Å². The second-order valence-corrected chi connectivity index (χ2v) is 6.78. The average molecular weight is 347 g/mol. The molecule has 26 heavy (non-hydrogen) atoms. The monoisotopic (exact) mass is 347 g/mol. The second kappa shape index (κ2) is 6.33. The Kier molecular flexibility index (Phi) is 3.99. The molecule has 3 aromatic rings. The van der Waals surface area contributed by atoms with Gasteiger partial charge < -0.3 is 15.4 Å². The van der Waals surface area contributed by atoms with Crippen LogP contribution in [0.2, 0.25) is 0 Å². The van der Waals surface area contributed by atoms with Crippen molar-refractivity contribution in [2.24, 2.45) is 5.73 Å². The molecule has 0 saturated carbocycles. The predicted octanol–water partition coefficient (Wildman–Crippen LogP) is 3.22. The van der Waals surface area contributed by atoms with Gasteiger partial charge in [-0.15, -0.1) is 0 Å². The lowest BCUT2D eigenvalue weighted by molar-refractivity contribution is 0.100. The van der Waals surface area contributed by atoms with Gasteiger partial charge in [0.2, 0.25) is 5.91 Å². The van der Waals surface area contributed by atoms with E-state index in [2.05, 4.69) is 35.9 Å². The number of benzene rings is 2. The zero-order valence-corrected chi connectivity index (χ0v) is 14.9. The van der Waals surface area contributed by atoms with Crippen molar-refractivity contribution in [3.63, 3.8) is 0 Å². The molecule has 0 atom stereocenters. The Labute approximate surface area is 152 Å². The van der Waals surface area contributed by atoms with Crippen molar-refractivity contribution in [2.75, 3.05) is 18.0 Å². The van der Waals surface area contributed by atoms with Crippen molar-refractivity contribution in [2.45, 2.75) is 20.0 Å². The zero-order valence-electron chi connectivity index (χ0n) is 14.9. The third kappa shape index (κ3) is 2.86. The highest BCUT2D eigenvalue weighted by molar-refractivity contribution is 6.06. The second-order valence-electron chi connectivity index (χ2n) is 6.78. The van der Waals surface area contributed by atoms with Crippen LogP contribution in [0.4, 0.5) is 5.82 Å². The van der Waals surface area contributed by atoms with Crippen LogP contribution in [0, 0.1) is 13.8 Å². The number of para-hydroxylation sites is 2. The molecule has 0 unspecified atom stereocenters. The number of hydrogen-bond donors (Lipinski definition) is 1. The SMILES string of the molecule is Cc1cccc(C)c1OC1CN(c2cc(C(N)=O)c3ccccc3n2)C1. The van der Waals surface area contributed by atoms with Crippen molar-refractivity contribution < 1.29 is 9.53 Å². The summed E-state index contributed by atoms with van der Waals surface area (Å²) in [5.74, 6) is 1.29. The van der Waals surface area contributed by atoms with Crippen molar-refractivity contribution in [1.82, 2.24) is 4.98 Å². The van der Waals surface area contributed by atoms with Crippen molar-refractivity contribution in [1.29, 1.82) is 0 Å². The molecule has 1 aliphatic heterocycles. The Morgan fingerprint density at radius 1 is 1.12 bits per heavy atom. The van der Waals surface area contributed by atoms with Gasteiger partial charge in [-0.05, 0) is 37.1 Å². The van der Waals surface area contributed by atoms with Crippen LogP contribution in [-0.2, 0) is 0 Å². The smallest absolute Gasteiger partial charge is 0.249 e. The summed E-state index contributed by atoms with van der Waals surface area (Å²) in [7, 11) is 0. The number of primary amides is 1. The number of hydrogen-bond acceptors (Lipinski definition) is 4. The maximum Gasteiger partial charge on any atom is 0.249 e. The number of aryl methyl sites for hydroxylation is 2. The number of anilines is 1. The first kappa shape index (κ1) is 16.4. The molecule has 4 rings (SSSR count). The number of nitrogens with zero attached hydrogens (tertiary/aromatic N) is 2. The Bertz CT molecular complexity index is 973. The van der Waals surface area contributed by atoms with Crippen LogP contribution < -0.4 is 15.4 Å². The molecule has 2 aromatic carbocycles. The maximum atomic E-state index is 11.8. The topological polar surface area (TPSA) is 68.5 Å². The van der Waals surface area contributed by atoms with Gasteiger partial charge in [0.25, 0.3) is 0 Å². The van der Waals surface area contributed by atoms with Crippen LogP contribution in [0.15, 0.2) is 48.5 Å². The number of amides is 1. The number of rotatable bonds is 4. The Hall–Kier alpha value is -3.08. The van der Waals surface area contributed by atoms with E-state index in [0.29, 0.717) is 5.56 Å². The molecule has 0 aliphatic carbocycles. The number of carbonyl (C=O) groups is 1. The van der Waals surface area contributed by atoms with E-state index in [9.17, 15) is 4.79 Å². The quantitative estimate of drug-likeness (QED) is 0.787. The van der Waals surface area contributed by atoms with Gasteiger partial charge >= 0.3 is 0 Å². The van der Waals surface area contributed by atoms with Gasteiger partial charge in [0.15, 0.2) is 0 Å². The average Bonchev–Trinajstić information content (AvgIpc) is 2.58. The first-order valence-corrected chi connectivity index (χ1v) is 8.70. The van der Waals surface area contributed by atoms with Crippen LogP contribution in [0.1, 0.15) is 21.5 Å². The van der Waals surface area contributed by atoms with Gasteiger partial charge in [-0.3, -0.25) is 4.79 Å². The van der Waals surface area contributed by atoms with Gasteiger partial charge in [0.1, 0.15) is 17.7 Å². The number of aromatic nitrogens is 1. The fraction of sp³-hybridized carbons (Fsp3) is 0.238. The highest BCUT2D eigenvalue weighted by atomic mass is 16.5. The minimum Gasteiger partial charge on any atom is -0.486 e. The normalized spacial score (nSPS) is 14.3. The standard InChI is InChI=1S/C21H21N3O2/c1-13-6-5-7-14(2)20(13)26-15-11-24(12-15)19-10-17(21(22)25)16-8-3-4-9-18(16)23-19/h3-10,15H,11-12H2,1-2H3,(H2,22,25). The highest BCUT2D eigenvalue weighted by Gasteiger charge is 2.31. The highest BCUT2D eigenvalue weighted by Crippen LogP contribution is 2.29. The summed E-state index contributed by atoms with van der Waals surface area (Å²) in [6.07, 6.45) is 0.111. The van der Waals surface area contributed by atoms with Gasteiger partial charge in [-0.1, -0.05) is 36.4 Å². The summed E-state index contributed by atoms with van der Waals surface area (Å²) in [5.41, 5.74) is 9.13. The third-order valence-electron chi connectivity index (χ3n) is 4.83. The maximum absolute atomic E-state index is 11.8. The fourth-order valence-electron chi connectivity index (χ4n) is 3.38. The molecular formula is C21H21N3O2. The van der Waals surface area contributed by atoms with Gasteiger partial charge in [-0.25, -0.2) is 4.98 Å². The summed E-state index contributed by atoms with van der Waals surface area (Å²) in [4.78, 5) is 18.6. The predicted molar refractivity (Wildman–Crippen MR) is 103 cm³/mol. The molecular weight excluding hydrogens is 326 g/mol. The zero-order chi connectivity index (χ0) is 18.3. The molecule has 2 N–H and O–H groups in total. The number of nitrogens with two attached hydrogens (primary N) is 1. The van der Waals surface area contributed by atoms with Crippen LogP contribution in [0.5, 0.6) is 5.75 Å². The molecule has 1 saturated heterocycles. The molecule has 1 aliphatic rings. The lowest BCUT2D eigenvalue weighted by atomic mass is 10.1. The Balaban J connectivity index is 1.55. The van der Waals surface area contributed by atoms with Crippen LogP contribution in [0.3, 0.4) is 0 Å². The van der Waals surface area contributed by atoms with E-state index >= 15 is 0 Å². The van der Waals surface area contributed by atoms with E-state index in [1.54, 1.807) is 6.07 Å². The Morgan fingerprint density at radius 3 is 2.50 bits per heavy atom. The van der Waals surface area contributed by atoms with E-state index in [0.717, 1.165) is 46.7 Å². The number of ether oxygens (including phenoxy) is 1.